The molecule has 10 radical (unpaired) electrons. The molecule has 0 spiro atoms. The van der Waals surface area contributed by atoms with E-state index in [1.807, 2.05) is 12.1 Å². The fraction of sp³-hybridized carbons (Fsp3) is 0.0625. The molecule has 0 N–H and O–H groups in total. The molecule has 11 rings (SSSR count). The smallest absolute Gasteiger partial charge is 0.238 e. The zero-order valence-electron chi connectivity index (χ0n) is 31.8. The molecule has 7 aromatic carbocycles. The quantitative estimate of drug-likeness (QED) is 0.220. The van der Waals surface area contributed by atoms with Crippen molar-refractivity contribution in [2.45, 2.75) is 19.3 Å². The lowest BCUT2D eigenvalue weighted by Gasteiger charge is -2.22. The van der Waals surface area contributed by atoms with Crippen LogP contribution in [0.1, 0.15) is 25.0 Å². The maximum Gasteiger partial charge on any atom is 0.238 e. The fourth-order valence-corrected chi connectivity index (χ4v) is 9.22. The fourth-order valence-electron chi connectivity index (χ4n) is 9.22. The van der Waals surface area contributed by atoms with Crippen LogP contribution in [0.4, 0.5) is 0 Å². The first-order chi connectivity index (χ1) is 28.1. The average molecular weight is 729 g/mol. The van der Waals surface area contributed by atoms with E-state index in [1.165, 1.54) is 16.7 Å². The van der Waals surface area contributed by atoms with Crippen LogP contribution in [-0.4, -0.2) is 63.3 Å². The molecular formula is C48H28B5N5. The number of nitrogens with zero attached hydrogens (tertiary/aromatic N) is 5. The predicted octanol–water partition coefficient (Wildman–Crippen LogP) is 5.68. The standard InChI is InChI=1S/C48H28B5N5/c1-48(2)32-17-9-6-14-27(32)31-24-25(20-22-33(31)48)45-54-46(38-39(49)41(51)43(53)42(52)40(38)50)56-47(55-45)58-35-19-11-8-16-30(35)37-36(58)23-21-29-28-15-7-10-18-34(28)57(44(29)37)26-12-4-3-5-13-26/h3-24H,1-2H3. The molecule has 10 heteroatoms. The van der Waals surface area contributed by atoms with Crippen LogP contribution in [0.5, 0.6) is 0 Å². The van der Waals surface area contributed by atoms with Gasteiger partial charge in [-0.25, -0.2) is 4.98 Å². The van der Waals surface area contributed by atoms with E-state index in [-0.39, 0.29) is 38.6 Å². The zero-order chi connectivity index (χ0) is 39.6. The van der Waals surface area contributed by atoms with Gasteiger partial charge in [0.2, 0.25) is 5.95 Å². The van der Waals surface area contributed by atoms with E-state index in [2.05, 4.69) is 144 Å². The third-order valence-corrected chi connectivity index (χ3v) is 12.1. The Hall–Kier alpha value is -6.53. The topological polar surface area (TPSA) is 48.5 Å². The van der Waals surface area contributed by atoms with E-state index in [0.29, 0.717) is 17.3 Å². The molecule has 58 heavy (non-hydrogen) atoms. The third-order valence-electron chi connectivity index (χ3n) is 12.1. The summed E-state index contributed by atoms with van der Waals surface area (Å²) < 4.78 is 4.44. The Morgan fingerprint density at radius 1 is 0.466 bits per heavy atom. The molecule has 3 aromatic heterocycles. The highest BCUT2D eigenvalue weighted by Gasteiger charge is 2.35. The second-order valence-corrected chi connectivity index (χ2v) is 15.6. The Balaban J connectivity index is 1.25. The predicted molar refractivity (Wildman–Crippen MR) is 244 cm³/mol. The van der Waals surface area contributed by atoms with Gasteiger partial charge >= 0.3 is 0 Å². The van der Waals surface area contributed by atoms with Crippen LogP contribution in [0.25, 0.3) is 89.2 Å². The zero-order valence-corrected chi connectivity index (χ0v) is 31.8. The number of hydrogen-bond donors (Lipinski definition) is 0. The van der Waals surface area contributed by atoms with Crippen molar-refractivity contribution in [3.05, 3.63) is 145 Å². The second kappa shape index (κ2) is 12.5. The van der Waals surface area contributed by atoms with Gasteiger partial charge < -0.3 is 4.57 Å². The molecule has 3 heterocycles. The van der Waals surface area contributed by atoms with Crippen LogP contribution in [0.3, 0.4) is 0 Å². The van der Waals surface area contributed by atoms with Crippen LogP contribution >= 0.6 is 0 Å². The van der Waals surface area contributed by atoms with Crippen molar-refractivity contribution in [1.29, 1.82) is 0 Å². The van der Waals surface area contributed by atoms with Crippen LogP contribution in [0.2, 0.25) is 0 Å². The normalized spacial score (nSPS) is 13.1. The molecule has 0 atom stereocenters. The largest absolute Gasteiger partial charge is 0.309 e. The van der Waals surface area contributed by atoms with Crippen LogP contribution < -0.4 is 27.3 Å². The summed E-state index contributed by atoms with van der Waals surface area (Å²) >= 11 is 0. The maximum atomic E-state index is 6.70. The number of hydrogen-bond acceptors (Lipinski definition) is 3. The van der Waals surface area contributed by atoms with Gasteiger partial charge in [0.25, 0.3) is 0 Å². The summed E-state index contributed by atoms with van der Waals surface area (Å²) in [5.41, 5.74) is 11.5. The van der Waals surface area contributed by atoms with E-state index >= 15 is 0 Å². The minimum Gasteiger partial charge on any atom is -0.309 e. The Bertz CT molecular complexity index is 3360. The lowest BCUT2D eigenvalue weighted by molar-refractivity contribution is 0.660. The van der Waals surface area contributed by atoms with Gasteiger partial charge in [0.1, 0.15) is 39.2 Å². The molecule has 260 valence electrons. The van der Waals surface area contributed by atoms with Gasteiger partial charge in [-0.15, -0.1) is 16.4 Å². The molecule has 0 bridgehead atoms. The minimum absolute atomic E-state index is 0.119. The van der Waals surface area contributed by atoms with Crippen LogP contribution in [0.15, 0.2) is 133 Å². The van der Waals surface area contributed by atoms with E-state index in [4.69, 9.17) is 54.2 Å². The summed E-state index contributed by atoms with van der Waals surface area (Å²) in [6.07, 6.45) is 0. The first-order valence-corrected chi connectivity index (χ1v) is 19.2. The summed E-state index contributed by atoms with van der Waals surface area (Å²) in [7, 11) is 32.5. The number of benzene rings is 7. The molecule has 0 unspecified atom stereocenters. The Kier molecular flexibility index (Phi) is 7.47. The van der Waals surface area contributed by atoms with E-state index < -0.39 is 0 Å². The Morgan fingerprint density at radius 2 is 1.07 bits per heavy atom. The van der Waals surface area contributed by atoms with Crippen molar-refractivity contribution < 1.29 is 0 Å². The number of aromatic nitrogens is 5. The van der Waals surface area contributed by atoms with Crippen molar-refractivity contribution >= 4 is 110 Å². The molecule has 10 aromatic rings. The summed E-state index contributed by atoms with van der Waals surface area (Å²) in [4.78, 5) is 15.5. The summed E-state index contributed by atoms with van der Waals surface area (Å²) in [6.45, 7) is 4.52. The summed E-state index contributed by atoms with van der Waals surface area (Å²) in [6, 6.07) is 46.6. The van der Waals surface area contributed by atoms with Crippen molar-refractivity contribution in [2.24, 2.45) is 0 Å². The molecule has 1 aliphatic rings. The van der Waals surface area contributed by atoms with E-state index in [1.54, 1.807) is 0 Å². The lowest BCUT2D eigenvalue weighted by atomic mass is 9.60. The first kappa shape index (κ1) is 34.7. The van der Waals surface area contributed by atoms with Gasteiger partial charge in [-0.2, -0.15) is 9.97 Å². The Morgan fingerprint density at radius 3 is 1.83 bits per heavy atom. The highest BCUT2D eigenvalue weighted by atomic mass is 15.2. The molecule has 0 saturated carbocycles. The molecule has 5 nitrogen and oxygen atoms in total. The molecular weight excluding hydrogens is 701 g/mol. The second-order valence-electron chi connectivity index (χ2n) is 15.6. The number of rotatable bonds is 4. The van der Waals surface area contributed by atoms with Gasteiger partial charge in [-0.3, -0.25) is 4.57 Å². The summed E-state index contributed by atoms with van der Waals surface area (Å²) in [5.74, 6) is 1.03. The highest BCUT2D eigenvalue weighted by Crippen LogP contribution is 2.49. The van der Waals surface area contributed by atoms with Gasteiger partial charge in [0.05, 0.1) is 22.1 Å². The van der Waals surface area contributed by atoms with E-state index in [9.17, 15) is 0 Å². The summed E-state index contributed by atoms with van der Waals surface area (Å²) in [5, 5.41) is 4.41. The molecule has 0 amide bonds. The lowest BCUT2D eigenvalue weighted by Crippen LogP contribution is -2.55. The van der Waals surface area contributed by atoms with E-state index in [0.717, 1.165) is 60.4 Å². The van der Waals surface area contributed by atoms with Gasteiger partial charge in [0, 0.05) is 43.8 Å². The third kappa shape index (κ3) is 4.75. The molecule has 0 fully saturated rings. The minimum atomic E-state index is -0.168. The molecule has 0 aliphatic heterocycles. The maximum absolute atomic E-state index is 6.70. The molecule has 0 saturated heterocycles. The van der Waals surface area contributed by atoms with Crippen molar-refractivity contribution in [3.8, 4) is 45.5 Å². The van der Waals surface area contributed by atoms with Crippen molar-refractivity contribution in [1.82, 2.24) is 24.1 Å². The van der Waals surface area contributed by atoms with Crippen molar-refractivity contribution in [3.63, 3.8) is 0 Å². The van der Waals surface area contributed by atoms with Gasteiger partial charge in [-0.1, -0.05) is 122 Å². The Labute approximate surface area is 342 Å². The van der Waals surface area contributed by atoms with Gasteiger partial charge in [-0.05, 0) is 58.7 Å². The monoisotopic (exact) mass is 729 g/mol. The number of fused-ring (bicyclic) bond motifs is 10. The average Bonchev–Trinajstić information content (AvgIpc) is 3.85. The molecule has 1 aliphatic carbocycles. The van der Waals surface area contributed by atoms with Crippen molar-refractivity contribution in [2.75, 3.05) is 0 Å². The van der Waals surface area contributed by atoms with Crippen LogP contribution in [0, 0.1) is 0 Å². The first-order valence-electron chi connectivity index (χ1n) is 19.2. The SMILES string of the molecule is [B]c1c([B])c([B])c(-c2nc(-c3ccc4c(c3)-c3ccccc3C4(C)C)nc(-n3c4ccccc4c4c3ccc3c5ccccc5n(-c5ccccc5)c34)n2)c([B])c1[B]. The van der Waals surface area contributed by atoms with Gasteiger partial charge in [0.15, 0.2) is 11.6 Å². The highest BCUT2D eigenvalue weighted by molar-refractivity contribution is 6.68. The van der Waals surface area contributed by atoms with Crippen LogP contribution in [-0.2, 0) is 5.41 Å². The number of para-hydroxylation sites is 3.